The van der Waals surface area contributed by atoms with Crippen LogP contribution in [-0.4, -0.2) is 63.0 Å². The van der Waals surface area contributed by atoms with E-state index in [0.29, 0.717) is 24.2 Å². The van der Waals surface area contributed by atoms with Gasteiger partial charge in [-0.15, -0.1) is 0 Å². The van der Waals surface area contributed by atoms with Crippen LogP contribution in [0.4, 0.5) is 0 Å². The minimum atomic E-state index is 0.496. The van der Waals surface area contributed by atoms with E-state index in [4.69, 9.17) is 9.47 Å². The van der Waals surface area contributed by atoms with Crippen molar-refractivity contribution in [2.45, 2.75) is 103 Å². The molecule has 0 spiro atoms. The first-order valence-corrected chi connectivity index (χ1v) is 11.6. The van der Waals surface area contributed by atoms with Gasteiger partial charge >= 0.3 is 0 Å². The third-order valence-corrected chi connectivity index (χ3v) is 6.65. The Kier molecular flexibility index (Phi) is 10.6. The fourth-order valence-corrected chi connectivity index (χ4v) is 4.73. The van der Waals surface area contributed by atoms with E-state index in [-0.39, 0.29) is 0 Å². The summed E-state index contributed by atoms with van der Waals surface area (Å²) in [5, 5.41) is 3.71. The van der Waals surface area contributed by atoms with E-state index in [9.17, 15) is 0 Å². The molecule has 0 aromatic carbocycles. The topological polar surface area (TPSA) is 33.7 Å². The van der Waals surface area contributed by atoms with Crippen LogP contribution in [0, 0.1) is 11.8 Å². The standard InChI is InChI=1S/C23H46N2O2/c1-18(2)16-24-20-6-10-23(11-7-20)27-15-14-19(3)17-25(4)21-8-12-22(26-5)13-9-21/h18-24H,6-17H2,1-5H3. The highest BCUT2D eigenvalue weighted by atomic mass is 16.5. The average molecular weight is 383 g/mol. The van der Waals surface area contributed by atoms with E-state index in [1.54, 1.807) is 0 Å². The van der Waals surface area contributed by atoms with Crippen molar-refractivity contribution in [3.8, 4) is 0 Å². The molecule has 0 aliphatic heterocycles. The predicted molar refractivity (Wildman–Crippen MR) is 114 cm³/mol. The molecule has 0 amide bonds. The van der Waals surface area contributed by atoms with Crippen LogP contribution in [0.3, 0.4) is 0 Å². The SMILES string of the molecule is COC1CCC(N(C)CC(C)CCOC2CCC(NCC(C)C)CC2)CC1. The zero-order chi connectivity index (χ0) is 19.6. The second-order valence-corrected chi connectivity index (χ2v) is 9.65. The van der Waals surface area contributed by atoms with Gasteiger partial charge in [-0.2, -0.15) is 0 Å². The molecule has 0 radical (unpaired) electrons. The van der Waals surface area contributed by atoms with Crippen molar-refractivity contribution in [3.63, 3.8) is 0 Å². The molecule has 1 unspecified atom stereocenters. The molecule has 2 saturated carbocycles. The summed E-state index contributed by atoms with van der Waals surface area (Å²) in [5.74, 6) is 1.45. The number of hydrogen-bond donors (Lipinski definition) is 1. The van der Waals surface area contributed by atoms with Crippen molar-refractivity contribution in [2.24, 2.45) is 11.8 Å². The first-order valence-electron chi connectivity index (χ1n) is 11.6. The molecule has 4 nitrogen and oxygen atoms in total. The van der Waals surface area contributed by atoms with Gasteiger partial charge in [-0.25, -0.2) is 0 Å². The highest BCUT2D eigenvalue weighted by Gasteiger charge is 2.25. The summed E-state index contributed by atoms with van der Waals surface area (Å²) in [5.41, 5.74) is 0. The molecular formula is C23H46N2O2. The van der Waals surface area contributed by atoms with Crippen molar-refractivity contribution in [1.82, 2.24) is 10.2 Å². The molecule has 2 aliphatic rings. The van der Waals surface area contributed by atoms with Gasteiger partial charge in [0.15, 0.2) is 0 Å². The second-order valence-electron chi connectivity index (χ2n) is 9.65. The third kappa shape index (κ3) is 8.81. The largest absolute Gasteiger partial charge is 0.381 e. The lowest BCUT2D eigenvalue weighted by Gasteiger charge is -2.35. The fraction of sp³-hybridized carbons (Fsp3) is 1.00. The molecule has 27 heavy (non-hydrogen) atoms. The highest BCUT2D eigenvalue weighted by Crippen LogP contribution is 2.25. The zero-order valence-electron chi connectivity index (χ0n) is 18.7. The maximum absolute atomic E-state index is 6.22. The molecule has 1 atom stereocenters. The summed E-state index contributed by atoms with van der Waals surface area (Å²) in [4.78, 5) is 2.59. The summed E-state index contributed by atoms with van der Waals surface area (Å²) in [6.07, 6.45) is 12.2. The van der Waals surface area contributed by atoms with E-state index < -0.39 is 0 Å². The molecule has 2 aliphatic carbocycles. The lowest BCUT2D eigenvalue weighted by atomic mass is 9.91. The van der Waals surface area contributed by atoms with Crippen LogP contribution in [0.25, 0.3) is 0 Å². The molecular weight excluding hydrogens is 336 g/mol. The van der Waals surface area contributed by atoms with Gasteiger partial charge in [0, 0.05) is 32.3 Å². The Morgan fingerprint density at radius 2 is 1.56 bits per heavy atom. The number of nitrogens with zero attached hydrogens (tertiary/aromatic N) is 1. The van der Waals surface area contributed by atoms with Gasteiger partial charge in [0.25, 0.3) is 0 Å². The van der Waals surface area contributed by atoms with Gasteiger partial charge in [-0.05, 0) is 83.2 Å². The Hall–Kier alpha value is -0.160. The number of nitrogens with one attached hydrogen (secondary N) is 1. The Bertz CT molecular complexity index is 375. The lowest BCUT2D eigenvalue weighted by molar-refractivity contribution is 0.0120. The van der Waals surface area contributed by atoms with Crippen molar-refractivity contribution in [2.75, 3.05) is 33.9 Å². The molecule has 0 saturated heterocycles. The maximum atomic E-state index is 6.22. The molecule has 1 N–H and O–H groups in total. The lowest BCUT2D eigenvalue weighted by Crippen LogP contribution is -2.39. The van der Waals surface area contributed by atoms with E-state index >= 15 is 0 Å². The van der Waals surface area contributed by atoms with Crippen molar-refractivity contribution in [3.05, 3.63) is 0 Å². The second kappa shape index (κ2) is 12.4. The van der Waals surface area contributed by atoms with Gasteiger partial charge in [0.1, 0.15) is 0 Å². The number of methoxy groups -OCH3 is 1. The monoisotopic (exact) mass is 382 g/mol. The van der Waals surface area contributed by atoms with Gasteiger partial charge in [0.05, 0.1) is 12.2 Å². The minimum Gasteiger partial charge on any atom is -0.381 e. The Morgan fingerprint density at radius 3 is 2.15 bits per heavy atom. The molecule has 0 heterocycles. The Morgan fingerprint density at radius 1 is 0.926 bits per heavy atom. The van der Waals surface area contributed by atoms with Crippen LogP contribution in [-0.2, 0) is 9.47 Å². The first-order chi connectivity index (χ1) is 13.0. The summed E-state index contributed by atoms with van der Waals surface area (Å²) < 4.78 is 11.7. The van der Waals surface area contributed by atoms with Crippen molar-refractivity contribution in [1.29, 1.82) is 0 Å². The van der Waals surface area contributed by atoms with Crippen LogP contribution in [0.2, 0.25) is 0 Å². The van der Waals surface area contributed by atoms with Gasteiger partial charge in [-0.3, -0.25) is 0 Å². The van der Waals surface area contributed by atoms with Crippen LogP contribution < -0.4 is 5.32 Å². The molecule has 0 aromatic heterocycles. The maximum Gasteiger partial charge on any atom is 0.0576 e. The summed E-state index contributed by atoms with van der Waals surface area (Å²) in [7, 11) is 4.16. The van der Waals surface area contributed by atoms with Gasteiger partial charge in [-0.1, -0.05) is 20.8 Å². The highest BCUT2D eigenvalue weighted by molar-refractivity contribution is 4.80. The van der Waals surface area contributed by atoms with Crippen LogP contribution in [0.1, 0.15) is 78.6 Å². The van der Waals surface area contributed by atoms with E-state index in [1.807, 2.05) is 7.11 Å². The number of ether oxygens (including phenoxy) is 2. The van der Waals surface area contributed by atoms with Gasteiger partial charge < -0.3 is 19.7 Å². The predicted octanol–water partition coefficient (Wildman–Crippen LogP) is 4.48. The first kappa shape index (κ1) is 23.1. The summed E-state index contributed by atoms with van der Waals surface area (Å²) in [6, 6.07) is 1.46. The Labute approximate surface area is 168 Å². The van der Waals surface area contributed by atoms with Crippen molar-refractivity contribution >= 4 is 0 Å². The molecule has 2 rings (SSSR count). The average Bonchev–Trinajstić information content (AvgIpc) is 2.67. The molecule has 160 valence electrons. The normalized spacial score (nSPS) is 30.8. The van der Waals surface area contributed by atoms with Crippen LogP contribution >= 0.6 is 0 Å². The summed E-state index contributed by atoms with van der Waals surface area (Å²) in [6.45, 7) is 10.2. The van der Waals surface area contributed by atoms with Crippen LogP contribution in [0.5, 0.6) is 0 Å². The van der Waals surface area contributed by atoms with E-state index in [2.05, 4.69) is 38.0 Å². The summed E-state index contributed by atoms with van der Waals surface area (Å²) >= 11 is 0. The minimum absolute atomic E-state index is 0.496. The zero-order valence-corrected chi connectivity index (χ0v) is 18.7. The van der Waals surface area contributed by atoms with Crippen LogP contribution in [0.15, 0.2) is 0 Å². The Balaban J connectivity index is 1.53. The van der Waals surface area contributed by atoms with E-state index in [0.717, 1.165) is 25.1 Å². The molecule has 2 fully saturated rings. The smallest absolute Gasteiger partial charge is 0.0576 e. The van der Waals surface area contributed by atoms with Crippen molar-refractivity contribution < 1.29 is 9.47 Å². The fourth-order valence-electron chi connectivity index (χ4n) is 4.73. The van der Waals surface area contributed by atoms with Gasteiger partial charge in [0.2, 0.25) is 0 Å². The number of rotatable bonds is 11. The number of hydrogen-bond acceptors (Lipinski definition) is 4. The molecule has 0 bridgehead atoms. The van der Waals surface area contributed by atoms with E-state index in [1.165, 1.54) is 64.3 Å². The molecule has 0 aromatic rings. The molecule has 4 heteroatoms. The third-order valence-electron chi connectivity index (χ3n) is 6.65. The quantitative estimate of drug-likeness (QED) is 0.571.